The van der Waals surface area contributed by atoms with E-state index < -0.39 is 5.92 Å². The number of halogens is 1. The molecule has 2 aromatic carbocycles. The van der Waals surface area contributed by atoms with Crippen LogP contribution in [0.25, 0.3) is 0 Å². The minimum Gasteiger partial charge on any atom is -0.325 e. The lowest BCUT2D eigenvalue weighted by atomic mass is 9.71. The molecule has 0 aromatic heterocycles. The molecular formula is C24H23ClN2O2. The Morgan fingerprint density at radius 2 is 1.72 bits per heavy atom. The molecule has 1 unspecified atom stereocenters. The largest absolute Gasteiger partial charge is 0.325 e. The van der Waals surface area contributed by atoms with Crippen LogP contribution in [-0.2, 0) is 9.59 Å². The van der Waals surface area contributed by atoms with Crippen LogP contribution >= 0.6 is 11.6 Å². The van der Waals surface area contributed by atoms with Gasteiger partial charge in [0.25, 0.3) is 0 Å². The summed E-state index contributed by atoms with van der Waals surface area (Å²) in [6, 6.07) is 15.1. The first-order valence-corrected chi connectivity index (χ1v) is 10.3. The van der Waals surface area contributed by atoms with Crippen molar-refractivity contribution in [2.75, 3.05) is 5.32 Å². The number of nitrogens with zero attached hydrogens (tertiary/aromatic N) is 1. The van der Waals surface area contributed by atoms with Gasteiger partial charge in [-0.25, -0.2) is 0 Å². The average molecular weight is 407 g/mol. The second kappa shape index (κ2) is 7.96. The summed E-state index contributed by atoms with van der Waals surface area (Å²) in [5.41, 5.74) is 5.03. The number of nitrogens with one attached hydrogen (secondary N) is 1. The van der Waals surface area contributed by atoms with Crippen LogP contribution < -0.4 is 5.32 Å². The van der Waals surface area contributed by atoms with Crippen LogP contribution in [-0.4, -0.2) is 17.4 Å². The van der Waals surface area contributed by atoms with Gasteiger partial charge in [-0.2, -0.15) is 0 Å². The molecule has 1 amide bonds. The topological polar surface area (TPSA) is 58.5 Å². The Kier molecular flexibility index (Phi) is 5.37. The van der Waals surface area contributed by atoms with Crippen LogP contribution in [0.1, 0.15) is 43.2 Å². The fourth-order valence-electron chi connectivity index (χ4n) is 4.23. The summed E-state index contributed by atoms with van der Waals surface area (Å²) in [5.74, 6) is -0.952. The minimum atomic E-state index is -0.543. The number of hydrogen-bond donors (Lipinski definition) is 1. The van der Waals surface area contributed by atoms with Gasteiger partial charge >= 0.3 is 0 Å². The van der Waals surface area contributed by atoms with Crippen molar-refractivity contribution < 1.29 is 9.59 Å². The second-order valence-electron chi connectivity index (χ2n) is 7.75. The Hall–Kier alpha value is -2.72. The van der Waals surface area contributed by atoms with Crippen molar-refractivity contribution in [3.05, 3.63) is 76.0 Å². The molecule has 2 atom stereocenters. The van der Waals surface area contributed by atoms with Crippen molar-refractivity contribution in [1.29, 1.82) is 0 Å². The molecular weight excluding hydrogens is 384 g/mol. The van der Waals surface area contributed by atoms with Gasteiger partial charge in [0.2, 0.25) is 5.91 Å². The van der Waals surface area contributed by atoms with Crippen molar-refractivity contribution in [1.82, 2.24) is 0 Å². The minimum absolute atomic E-state index is 0.0931. The summed E-state index contributed by atoms with van der Waals surface area (Å²) < 4.78 is 0. The predicted octanol–water partition coefficient (Wildman–Crippen LogP) is 5.47. The number of carbonyl (C=O) groups excluding carboxylic acids is 2. The van der Waals surface area contributed by atoms with E-state index in [1.807, 2.05) is 50.2 Å². The number of aliphatic imine (C=N–C) groups is 1. The van der Waals surface area contributed by atoms with E-state index in [1.165, 1.54) is 0 Å². The number of ketones is 1. The van der Waals surface area contributed by atoms with Gasteiger partial charge in [-0.15, -0.1) is 0 Å². The Balaban J connectivity index is 1.76. The van der Waals surface area contributed by atoms with Crippen molar-refractivity contribution in [3.63, 3.8) is 0 Å². The Morgan fingerprint density at radius 1 is 1.03 bits per heavy atom. The first kappa shape index (κ1) is 19.6. The van der Waals surface area contributed by atoms with E-state index in [1.54, 1.807) is 12.1 Å². The molecule has 1 N–H and O–H groups in total. The van der Waals surface area contributed by atoms with Crippen molar-refractivity contribution in [2.24, 2.45) is 10.9 Å². The molecule has 29 heavy (non-hydrogen) atoms. The summed E-state index contributed by atoms with van der Waals surface area (Å²) in [4.78, 5) is 30.9. The highest BCUT2D eigenvalue weighted by molar-refractivity contribution is 6.30. The van der Waals surface area contributed by atoms with Crippen LogP contribution in [0.2, 0.25) is 5.02 Å². The summed E-state index contributed by atoms with van der Waals surface area (Å²) in [6.07, 6.45) is 2.08. The molecule has 4 rings (SSSR count). The van der Waals surface area contributed by atoms with Gasteiger partial charge in [0.15, 0.2) is 5.78 Å². The van der Waals surface area contributed by atoms with Gasteiger partial charge in [-0.1, -0.05) is 41.4 Å². The number of rotatable bonds is 3. The lowest BCUT2D eigenvalue weighted by molar-refractivity contribution is -0.119. The highest BCUT2D eigenvalue weighted by Crippen LogP contribution is 2.43. The first-order valence-electron chi connectivity index (χ1n) is 9.88. The third-order valence-corrected chi connectivity index (χ3v) is 5.92. The lowest BCUT2D eigenvalue weighted by Crippen LogP contribution is -2.39. The molecule has 0 saturated carbocycles. The number of aryl methyl sites for hydroxylation is 1. The van der Waals surface area contributed by atoms with Gasteiger partial charge in [0, 0.05) is 40.0 Å². The van der Waals surface area contributed by atoms with Gasteiger partial charge in [0.05, 0.1) is 5.92 Å². The van der Waals surface area contributed by atoms with Gasteiger partial charge in [-0.05, 0) is 56.5 Å². The third-order valence-electron chi connectivity index (χ3n) is 5.67. The predicted molar refractivity (Wildman–Crippen MR) is 116 cm³/mol. The van der Waals surface area contributed by atoms with Crippen molar-refractivity contribution in [2.45, 2.75) is 39.0 Å². The molecule has 5 heteroatoms. The summed E-state index contributed by atoms with van der Waals surface area (Å²) in [5, 5.41) is 3.64. The van der Waals surface area contributed by atoms with Crippen LogP contribution in [0.3, 0.4) is 0 Å². The maximum atomic E-state index is 13.3. The molecule has 2 aromatic rings. The van der Waals surface area contributed by atoms with Crippen molar-refractivity contribution in [3.8, 4) is 0 Å². The van der Waals surface area contributed by atoms with Gasteiger partial charge in [-0.3, -0.25) is 14.6 Å². The van der Waals surface area contributed by atoms with E-state index in [9.17, 15) is 9.59 Å². The van der Waals surface area contributed by atoms with Crippen LogP contribution in [0.4, 0.5) is 5.69 Å². The van der Waals surface area contributed by atoms with E-state index in [2.05, 4.69) is 5.32 Å². The molecule has 0 spiro atoms. The maximum Gasteiger partial charge on any atom is 0.234 e. The SMILES string of the molecule is CC1=NC2=C(C(=O)CCC2)[C@@H](c2ccc(Cl)cc2)C1C(=O)Nc1ccc(C)cc1. The maximum absolute atomic E-state index is 13.3. The molecule has 0 bridgehead atoms. The molecule has 148 valence electrons. The zero-order valence-electron chi connectivity index (χ0n) is 16.5. The molecule has 0 fully saturated rings. The summed E-state index contributed by atoms with van der Waals surface area (Å²) >= 11 is 6.08. The molecule has 1 aliphatic heterocycles. The lowest BCUT2D eigenvalue weighted by Gasteiger charge is -2.35. The molecule has 0 radical (unpaired) electrons. The van der Waals surface area contributed by atoms with E-state index >= 15 is 0 Å². The van der Waals surface area contributed by atoms with Gasteiger partial charge in [0.1, 0.15) is 0 Å². The number of hydrogen-bond acceptors (Lipinski definition) is 3. The normalized spacial score (nSPS) is 21.5. The highest BCUT2D eigenvalue weighted by atomic mass is 35.5. The zero-order valence-corrected chi connectivity index (χ0v) is 17.3. The number of allylic oxidation sites excluding steroid dienone is 2. The quantitative estimate of drug-likeness (QED) is 0.734. The number of amides is 1. The Bertz CT molecular complexity index is 1020. The number of anilines is 1. The molecule has 4 nitrogen and oxygen atoms in total. The Labute approximate surface area is 175 Å². The average Bonchev–Trinajstić information content (AvgIpc) is 2.69. The standard InChI is InChI=1S/C24H23ClN2O2/c1-14-6-12-18(13-7-14)27-24(29)21-15(2)26-19-4-3-5-20(28)23(19)22(21)16-8-10-17(25)11-9-16/h6-13,21-22H,3-5H2,1-2H3,(H,27,29)/t21?,22-/m0/s1. The first-order chi connectivity index (χ1) is 13.9. The third kappa shape index (κ3) is 3.90. The fourth-order valence-corrected chi connectivity index (χ4v) is 4.36. The smallest absolute Gasteiger partial charge is 0.234 e. The Morgan fingerprint density at radius 3 is 2.41 bits per heavy atom. The van der Waals surface area contributed by atoms with Crippen molar-refractivity contribution >= 4 is 34.7 Å². The fraction of sp³-hybridized carbons (Fsp3) is 0.292. The van der Waals surface area contributed by atoms with Crippen LogP contribution in [0.15, 0.2) is 64.8 Å². The van der Waals surface area contributed by atoms with E-state index in [-0.39, 0.29) is 17.6 Å². The molecule has 1 aliphatic carbocycles. The summed E-state index contributed by atoms with van der Waals surface area (Å²) in [7, 11) is 0. The van der Waals surface area contributed by atoms with Gasteiger partial charge < -0.3 is 5.32 Å². The van der Waals surface area contributed by atoms with E-state index in [4.69, 9.17) is 16.6 Å². The molecule has 2 aliphatic rings. The molecule has 1 heterocycles. The van der Waals surface area contributed by atoms with Crippen LogP contribution in [0.5, 0.6) is 0 Å². The molecule has 0 saturated heterocycles. The van der Waals surface area contributed by atoms with E-state index in [0.717, 1.165) is 41.1 Å². The number of carbonyl (C=O) groups is 2. The second-order valence-corrected chi connectivity index (χ2v) is 8.19. The number of benzene rings is 2. The number of Topliss-reactive ketones (excluding diaryl/α,β-unsaturated/α-hetero) is 1. The summed E-state index contributed by atoms with van der Waals surface area (Å²) in [6.45, 7) is 3.88. The zero-order chi connectivity index (χ0) is 20.5. The van der Waals surface area contributed by atoms with Crippen LogP contribution in [0, 0.1) is 12.8 Å². The highest BCUT2D eigenvalue weighted by Gasteiger charge is 2.42. The monoisotopic (exact) mass is 406 g/mol. The van der Waals surface area contributed by atoms with E-state index in [0.29, 0.717) is 17.0 Å².